The molecule has 0 saturated carbocycles. The first kappa shape index (κ1) is 19.4. The van der Waals surface area contributed by atoms with Crippen LogP contribution in [-0.4, -0.2) is 28.6 Å². The van der Waals surface area contributed by atoms with Crippen LogP contribution < -0.4 is 8.92 Å². The van der Waals surface area contributed by atoms with Gasteiger partial charge in [0.15, 0.2) is 16.4 Å². The molecule has 2 aromatic rings. The van der Waals surface area contributed by atoms with E-state index < -0.39 is 32.6 Å². The summed E-state index contributed by atoms with van der Waals surface area (Å²) in [5.74, 6) is -3.42. The van der Waals surface area contributed by atoms with Gasteiger partial charge in [-0.2, -0.15) is 8.42 Å². The number of hydrogen-bond donors (Lipinski definition) is 0. The van der Waals surface area contributed by atoms with E-state index in [0.717, 1.165) is 24.3 Å². The molecule has 2 aromatic carbocycles. The summed E-state index contributed by atoms with van der Waals surface area (Å²) in [5.41, 5.74) is 0.481. The van der Waals surface area contributed by atoms with Crippen LogP contribution in [0, 0.1) is 11.6 Å². The number of ether oxygens (including phenoxy) is 2. The summed E-state index contributed by atoms with van der Waals surface area (Å²) >= 11 is 0. The van der Waals surface area contributed by atoms with Crippen LogP contribution in [-0.2, 0) is 19.6 Å². The zero-order valence-electron chi connectivity index (χ0n) is 13.7. The van der Waals surface area contributed by atoms with Gasteiger partial charge in [-0.3, -0.25) is 0 Å². The molecule has 0 aromatic heterocycles. The molecule has 2 rings (SSSR count). The maximum atomic E-state index is 13.7. The summed E-state index contributed by atoms with van der Waals surface area (Å²) in [7, 11) is -2.30. The second-order valence-electron chi connectivity index (χ2n) is 4.86. The summed E-state index contributed by atoms with van der Waals surface area (Å²) < 4.78 is 66.2. The third kappa shape index (κ3) is 4.37. The number of carbonyl (C=O) groups is 1. The first-order valence-corrected chi connectivity index (χ1v) is 8.52. The Labute approximate surface area is 148 Å². The fraction of sp³-hybridized carbons (Fsp3) is 0.118. The molecule has 26 heavy (non-hydrogen) atoms. The standard InChI is InChI=1S/C17H14F2O6S/c1-23-15-10-11(7-9-16(20)24-2)6-8-14(15)25-26(21,22)17-12(18)4-3-5-13(17)19/h3-10H,1-2H3/b9-7+. The SMILES string of the molecule is COC(=O)/C=C/c1ccc(OS(=O)(=O)c2c(F)cccc2F)c(OC)c1. The molecule has 138 valence electrons. The Bertz CT molecular complexity index is 933. The average molecular weight is 384 g/mol. The molecule has 0 unspecified atom stereocenters. The number of methoxy groups -OCH3 is 2. The van der Waals surface area contributed by atoms with E-state index in [1.54, 1.807) is 0 Å². The van der Waals surface area contributed by atoms with Crippen molar-refractivity contribution in [2.45, 2.75) is 4.90 Å². The minimum absolute atomic E-state index is 0.0164. The van der Waals surface area contributed by atoms with Crippen molar-refractivity contribution in [3.8, 4) is 11.5 Å². The molecule has 0 spiro atoms. The highest BCUT2D eigenvalue weighted by Gasteiger charge is 2.27. The Balaban J connectivity index is 2.37. The van der Waals surface area contributed by atoms with Crippen LogP contribution >= 0.6 is 0 Å². The van der Waals surface area contributed by atoms with Crippen molar-refractivity contribution in [2.24, 2.45) is 0 Å². The molecular formula is C17H14F2O6S. The summed E-state index contributed by atoms with van der Waals surface area (Å²) in [6, 6.07) is 6.67. The lowest BCUT2D eigenvalue weighted by molar-refractivity contribution is -0.134. The Morgan fingerprint density at radius 1 is 1.04 bits per heavy atom. The van der Waals surface area contributed by atoms with E-state index in [4.69, 9.17) is 8.92 Å². The number of halogens is 2. The summed E-state index contributed by atoms with van der Waals surface area (Å²) in [6.07, 6.45) is 2.56. The molecule has 0 aliphatic heterocycles. The normalized spacial score (nSPS) is 11.4. The number of carbonyl (C=O) groups excluding carboxylic acids is 1. The molecule has 0 saturated heterocycles. The van der Waals surface area contributed by atoms with E-state index >= 15 is 0 Å². The van der Waals surface area contributed by atoms with Crippen LogP contribution in [0.15, 0.2) is 47.4 Å². The Morgan fingerprint density at radius 3 is 2.27 bits per heavy atom. The summed E-state index contributed by atoms with van der Waals surface area (Å²) in [5, 5.41) is 0. The van der Waals surface area contributed by atoms with Gasteiger partial charge in [0, 0.05) is 6.08 Å². The van der Waals surface area contributed by atoms with Gasteiger partial charge < -0.3 is 13.7 Å². The fourth-order valence-electron chi connectivity index (χ4n) is 1.97. The van der Waals surface area contributed by atoms with Crippen LogP contribution in [0.1, 0.15) is 5.56 Å². The second-order valence-corrected chi connectivity index (χ2v) is 6.34. The van der Waals surface area contributed by atoms with Gasteiger partial charge in [-0.1, -0.05) is 12.1 Å². The fourth-order valence-corrected chi connectivity index (χ4v) is 3.04. The predicted octanol–water partition coefficient (Wildman–Crippen LogP) is 2.93. The maximum Gasteiger partial charge on any atom is 0.345 e. The van der Waals surface area contributed by atoms with Gasteiger partial charge in [-0.25, -0.2) is 13.6 Å². The Morgan fingerprint density at radius 2 is 1.69 bits per heavy atom. The van der Waals surface area contributed by atoms with Crippen molar-refractivity contribution in [3.05, 3.63) is 59.7 Å². The van der Waals surface area contributed by atoms with Crippen LogP contribution in [0.4, 0.5) is 8.78 Å². The van der Waals surface area contributed by atoms with E-state index in [2.05, 4.69) is 4.74 Å². The first-order chi connectivity index (χ1) is 12.3. The van der Waals surface area contributed by atoms with Gasteiger partial charge in [-0.15, -0.1) is 0 Å². The Hall–Kier alpha value is -2.94. The van der Waals surface area contributed by atoms with Crippen LogP contribution in [0.25, 0.3) is 6.08 Å². The maximum absolute atomic E-state index is 13.7. The highest BCUT2D eigenvalue weighted by molar-refractivity contribution is 7.87. The summed E-state index contributed by atoms with van der Waals surface area (Å²) in [4.78, 5) is 9.90. The number of benzene rings is 2. The zero-order chi connectivity index (χ0) is 19.3. The van der Waals surface area contributed by atoms with E-state index in [9.17, 15) is 22.0 Å². The molecule has 0 amide bonds. The minimum atomic E-state index is -4.77. The molecule has 0 heterocycles. The highest BCUT2D eigenvalue weighted by Crippen LogP contribution is 2.32. The molecule has 0 N–H and O–H groups in total. The third-order valence-corrected chi connectivity index (χ3v) is 4.46. The van der Waals surface area contributed by atoms with Crippen molar-refractivity contribution < 1.29 is 35.6 Å². The van der Waals surface area contributed by atoms with Gasteiger partial charge >= 0.3 is 16.1 Å². The van der Waals surface area contributed by atoms with Gasteiger partial charge in [0.1, 0.15) is 11.6 Å². The third-order valence-electron chi connectivity index (χ3n) is 3.17. The van der Waals surface area contributed by atoms with Crippen molar-refractivity contribution >= 4 is 22.2 Å². The highest BCUT2D eigenvalue weighted by atomic mass is 32.2. The average Bonchev–Trinajstić information content (AvgIpc) is 2.59. The second kappa shape index (κ2) is 7.96. The molecule has 9 heteroatoms. The van der Waals surface area contributed by atoms with Crippen molar-refractivity contribution in [2.75, 3.05) is 14.2 Å². The molecule has 0 aliphatic rings. The topological polar surface area (TPSA) is 78.9 Å². The van der Waals surface area contributed by atoms with Crippen molar-refractivity contribution in [1.29, 1.82) is 0 Å². The molecule has 0 radical (unpaired) electrons. The molecule has 0 bridgehead atoms. The molecule has 0 fully saturated rings. The van der Waals surface area contributed by atoms with E-state index in [0.29, 0.717) is 5.56 Å². The molecule has 0 atom stereocenters. The van der Waals surface area contributed by atoms with E-state index in [-0.39, 0.29) is 11.5 Å². The number of hydrogen-bond acceptors (Lipinski definition) is 6. The number of rotatable bonds is 6. The molecular weight excluding hydrogens is 370 g/mol. The van der Waals surface area contributed by atoms with E-state index in [1.807, 2.05) is 0 Å². The molecule has 0 aliphatic carbocycles. The van der Waals surface area contributed by atoms with Crippen LogP contribution in [0.3, 0.4) is 0 Å². The molecule has 6 nitrogen and oxygen atoms in total. The quantitative estimate of drug-likeness (QED) is 0.433. The predicted molar refractivity (Wildman–Crippen MR) is 88.2 cm³/mol. The van der Waals surface area contributed by atoms with Gasteiger partial charge in [0.05, 0.1) is 14.2 Å². The summed E-state index contributed by atoms with van der Waals surface area (Å²) in [6.45, 7) is 0. The van der Waals surface area contributed by atoms with Crippen LogP contribution in [0.5, 0.6) is 11.5 Å². The van der Waals surface area contributed by atoms with Crippen molar-refractivity contribution in [3.63, 3.8) is 0 Å². The monoisotopic (exact) mass is 384 g/mol. The lowest BCUT2D eigenvalue weighted by Gasteiger charge is -2.12. The zero-order valence-corrected chi connectivity index (χ0v) is 14.5. The first-order valence-electron chi connectivity index (χ1n) is 7.11. The van der Waals surface area contributed by atoms with Crippen molar-refractivity contribution in [1.82, 2.24) is 0 Å². The van der Waals surface area contributed by atoms with Gasteiger partial charge in [0.25, 0.3) is 0 Å². The van der Waals surface area contributed by atoms with Crippen LogP contribution in [0.2, 0.25) is 0 Å². The smallest absolute Gasteiger partial charge is 0.345 e. The minimum Gasteiger partial charge on any atom is -0.493 e. The Kier molecular flexibility index (Phi) is 5.93. The largest absolute Gasteiger partial charge is 0.493 e. The van der Waals surface area contributed by atoms with E-state index in [1.165, 1.54) is 38.5 Å². The van der Waals surface area contributed by atoms with Gasteiger partial charge in [-0.05, 0) is 35.9 Å². The number of esters is 1. The lowest BCUT2D eigenvalue weighted by Crippen LogP contribution is -2.14. The van der Waals surface area contributed by atoms with Gasteiger partial charge in [0.2, 0.25) is 0 Å². The lowest BCUT2D eigenvalue weighted by atomic mass is 10.2.